The van der Waals surface area contributed by atoms with Crippen LogP contribution in [-0.4, -0.2) is 15.8 Å². The summed E-state index contributed by atoms with van der Waals surface area (Å²) in [5.41, 5.74) is 12.3. The molecule has 5 nitrogen and oxygen atoms in total. The first-order valence-corrected chi connectivity index (χ1v) is 9.27. The molecule has 0 aliphatic rings. The monoisotopic (exact) mass is 385 g/mol. The highest BCUT2D eigenvalue weighted by atomic mass is 32.1. The molecule has 0 radical (unpaired) electrons. The van der Waals surface area contributed by atoms with E-state index in [1.54, 1.807) is 6.20 Å². The van der Waals surface area contributed by atoms with Crippen molar-refractivity contribution in [2.24, 2.45) is 5.10 Å². The lowest BCUT2D eigenvalue weighted by Gasteiger charge is -2.16. The van der Waals surface area contributed by atoms with Gasteiger partial charge in [-0.2, -0.15) is 5.10 Å². The largest absolute Gasteiger partial charge is 0.397 e. The first-order chi connectivity index (χ1) is 13.6. The van der Waals surface area contributed by atoms with Gasteiger partial charge in [0.05, 0.1) is 22.8 Å². The molecule has 0 unspecified atom stereocenters. The highest BCUT2D eigenvalue weighted by Gasteiger charge is 2.12. The Hall–Kier alpha value is -3.51. The number of pyridine rings is 1. The van der Waals surface area contributed by atoms with Gasteiger partial charge in [-0.15, -0.1) is 0 Å². The zero-order valence-corrected chi connectivity index (χ0v) is 16.1. The molecule has 0 saturated heterocycles. The molecule has 0 saturated carbocycles. The summed E-state index contributed by atoms with van der Waals surface area (Å²) in [7, 11) is 0. The molecular weight excluding hydrogens is 366 g/mol. The van der Waals surface area contributed by atoms with Gasteiger partial charge in [0.15, 0.2) is 5.11 Å². The van der Waals surface area contributed by atoms with Crippen molar-refractivity contribution >= 4 is 56.0 Å². The maximum atomic E-state index is 6.48. The van der Waals surface area contributed by atoms with E-state index in [2.05, 4.69) is 33.0 Å². The van der Waals surface area contributed by atoms with Gasteiger partial charge in [-0.05, 0) is 42.0 Å². The van der Waals surface area contributed by atoms with Crippen LogP contribution in [0.25, 0.3) is 21.5 Å². The number of benzene rings is 3. The third kappa shape index (κ3) is 3.37. The van der Waals surface area contributed by atoms with Gasteiger partial charge in [0.1, 0.15) is 0 Å². The minimum absolute atomic E-state index is 0.363. The van der Waals surface area contributed by atoms with Crippen molar-refractivity contribution < 1.29 is 0 Å². The third-order valence-corrected chi connectivity index (χ3v) is 4.77. The van der Waals surface area contributed by atoms with E-state index in [1.165, 1.54) is 0 Å². The van der Waals surface area contributed by atoms with E-state index in [0.717, 1.165) is 38.6 Å². The minimum Gasteiger partial charge on any atom is -0.397 e. The van der Waals surface area contributed by atoms with E-state index in [9.17, 15) is 0 Å². The summed E-state index contributed by atoms with van der Waals surface area (Å²) < 4.78 is 0. The van der Waals surface area contributed by atoms with Crippen molar-refractivity contribution in [2.45, 2.75) is 6.92 Å². The molecule has 0 aliphatic carbocycles. The zero-order valence-electron chi connectivity index (χ0n) is 15.3. The number of nitrogen functional groups attached to an aromatic ring is 1. The molecule has 0 aliphatic heterocycles. The molecule has 0 spiro atoms. The molecule has 0 fully saturated rings. The van der Waals surface area contributed by atoms with Gasteiger partial charge in [-0.3, -0.25) is 10.4 Å². The van der Waals surface area contributed by atoms with Gasteiger partial charge < -0.3 is 11.1 Å². The number of thiocarbonyl (C=S) groups is 1. The van der Waals surface area contributed by atoms with Crippen LogP contribution in [-0.2, 0) is 0 Å². The van der Waals surface area contributed by atoms with Crippen LogP contribution in [0.15, 0.2) is 78.0 Å². The summed E-state index contributed by atoms with van der Waals surface area (Å²) in [5.74, 6) is 0. The summed E-state index contributed by atoms with van der Waals surface area (Å²) in [5, 5.41) is 12.1. The fraction of sp³-hybridized carbons (Fsp3) is 0.0455. The topological polar surface area (TPSA) is 75.3 Å². The van der Waals surface area contributed by atoms with Crippen LogP contribution in [0.1, 0.15) is 12.6 Å². The summed E-state index contributed by atoms with van der Waals surface area (Å²) in [4.78, 5) is 4.28. The van der Waals surface area contributed by atoms with Crippen molar-refractivity contribution in [1.82, 2.24) is 10.4 Å². The van der Waals surface area contributed by atoms with Crippen molar-refractivity contribution in [3.05, 3.63) is 78.6 Å². The number of nitrogens with two attached hydrogens (primary N) is 1. The Bertz CT molecular complexity index is 1200. The van der Waals surface area contributed by atoms with Gasteiger partial charge >= 0.3 is 0 Å². The van der Waals surface area contributed by atoms with Gasteiger partial charge in [0, 0.05) is 17.0 Å². The highest BCUT2D eigenvalue weighted by Crippen LogP contribution is 2.38. The van der Waals surface area contributed by atoms with Crippen LogP contribution in [0.5, 0.6) is 0 Å². The van der Waals surface area contributed by atoms with Crippen LogP contribution < -0.4 is 16.5 Å². The predicted octanol–water partition coefficient (Wildman–Crippen LogP) is 4.68. The number of rotatable bonds is 3. The Kier molecular flexibility index (Phi) is 4.87. The Morgan fingerprint density at radius 3 is 2.18 bits per heavy atom. The number of fused-ring (bicyclic) bond motifs is 3. The smallest absolute Gasteiger partial charge is 0.191 e. The Morgan fingerprint density at radius 2 is 1.50 bits per heavy atom. The maximum Gasteiger partial charge on any atom is 0.191 e. The molecule has 3 aromatic carbocycles. The fourth-order valence-corrected chi connectivity index (χ4v) is 3.36. The second-order valence-electron chi connectivity index (χ2n) is 6.36. The summed E-state index contributed by atoms with van der Waals surface area (Å²) in [6.45, 7) is 1.87. The number of hydrazone groups is 1. The Balaban J connectivity index is 1.67. The Labute approximate surface area is 168 Å². The molecule has 4 rings (SSSR count). The number of aromatic nitrogens is 1. The van der Waals surface area contributed by atoms with E-state index in [-0.39, 0.29) is 0 Å². The Morgan fingerprint density at radius 1 is 0.893 bits per heavy atom. The fourth-order valence-electron chi connectivity index (χ4n) is 3.21. The number of hydrogen-bond donors (Lipinski definition) is 3. The van der Waals surface area contributed by atoms with Crippen molar-refractivity contribution in [3.8, 4) is 0 Å². The van der Waals surface area contributed by atoms with Crippen molar-refractivity contribution in [1.29, 1.82) is 0 Å². The van der Waals surface area contributed by atoms with Crippen LogP contribution in [0.2, 0.25) is 0 Å². The number of nitrogens with zero attached hydrogens (tertiary/aromatic N) is 2. The lowest BCUT2D eigenvalue weighted by atomic mass is 9.98. The molecule has 28 heavy (non-hydrogen) atoms. The van der Waals surface area contributed by atoms with Crippen molar-refractivity contribution in [3.63, 3.8) is 0 Å². The highest BCUT2D eigenvalue weighted by molar-refractivity contribution is 7.80. The zero-order chi connectivity index (χ0) is 19.5. The number of nitrogens with one attached hydrogen (secondary N) is 2. The second-order valence-corrected chi connectivity index (χ2v) is 6.77. The predicted molar refractivity (Wildman–Crippen MR) is 122 cm³/mol. The van der Waals surface area contributed by atoms with E-state index in [4.69, 9.17) is 18.0 Å². The SMILES string of the molecule is C/C(=N\NC(=S)Nc1c(N)c2ccccc2c2ccccc12)c1ccccn1. The van der Waals surface area contributed by atoms with Crippen LogP contribution in [0.4, 0.5) is 11.4 Å². The maximum absolute atomic E-state index is 6.48. The van der Waals surface area contributed by atoms with Crippen LogP contribution in [0.3, 0.4) is 0 Å². The summed E-state index contributed by atoms with van der Waals surface area (Å²) >= 11 is 5.44. The number of anilines is 2. The lowest BCUT2D eigenvalue weighted by molar-refractivity contribution is 1.03. The standard InChI is InChI=1S/C22H19N5S/c1-14(19-12-6-7-13-24-19)26-27-22(28)25-21-18-11-5-3-9-16(18)15-8-2-4-10-17(15)20(21)23/h2-13H,23H2,1H3,(H2,25,27,28)/b26-14+. The average Bonchev–Trinajstić information content (AvgIpc) is 2.75. The average molecular weight is 385 g/mol. The molecule has 0 amide bonds. The molecule has 4 aromatic rings. The van der Waals surface area contributed by atoms with Gasteiger partial charge in [0.25, 0.3) is 0 Å². The molecule has 138 valence electrons. The molecule has 1 heterocycles. The molecule has 6 heteroatoms. The van der Waals surface area contributed by atoms with E-state index < -0.39 is 0 Å². The van der Waals surface area contributed by atoms with Gasteiger partial charge in [-0.25, -0.2) is 0 Å². The third-order valence-electron chi connectivity index (χ3n) is 4.57. The first kappa shape index (κ1) is 17.9. The van der Waals surface area contributed by atoms with Gasteiger partial charge in [0.2, 0.25) is 0 Å². The summed E-state index contributed by atoms with van der Waals surface area (Å²) in [6, 6.07) is 21.9. The van der Waals surface area contributed by atoms with E-state index >= 15 is 0 Å². The summed E-state index contributed by atoms with van der Waals surface area (Å²) in [6.07, 6.45) is 1.73. The minimum atomic E-state index is 0.363. The normalized spacial score (nSPS) is 11.5. The quantitative estimate of drug-likeness (QED) is 0.119. The number of hydrogen-bond acceptors (Lipinski definition) is 4. The van der Waals surface area contributed by atoms with Crippen LogP contribution in [0, 0.1) is 0 Å². The lowest BCUT2D eigenvalue weighted by Crippen LogP contribution is -2.25. The molecule has 4 N–H and O–H groups in total. The second kappa shape index (κ2) is 7.62. The van der Waals surface area contributed by atoms with E-state index in [0.29, 0.717) is 10.8 Å². The van der Waals surface area contributed by atoms with Crippen LogP contribution >= 0.6 is 12.2 Å². The van der Waals surface area contributed by atoms with E-state index in [1.807, 2.05) is 61.5 Å². The molecule has 0 bridgehead atoms. The first-order valence-electron chi connectivity index (χ1n) is 8.87. The molecule has 1 aromatic heterocycles. The van der Waals surface area contributed by atoms with Crippen molar-refractivity contribution in [2.75, 3.05) is 11.1 Å². The molecular formula is C22H19N5S. The molecule has 0 atom stereocenters. The van der Waals surface area contributed by atoms with Gasteiger partial charge in [-0.1, -0.05) is 54.6 Å².